The molecular formula is C12H7F4NO3. The van der Waals surface area contributed by atoms with Gasteiger partial charge in [-0.15, -0.1) is 0 Å². The minimum Gasteiger partial charge on any atom is -0.477 e. The van der Waals surface area contributed by atoms with Crippen molar-refractivity contribution in [1.82, 2.24) is 5.16 Å². The van der Waals surface area contributed by atoms with Gasteiger partial charge in [-0.3, -0.25) is 0 Å². The van der Waals surface area contributed by atoms with Crippen molar-refractivity contribution in [2.75, 3.05) is 0 Å². The van der Waals surface area contributed by atoms with E-state index in [-0.39, 0.29) is 22.6 Å². The fourth-order valence-electron chi connectivity index (χ4n) is 1.71. The number of nitrogens with zero attached hydrogens (tertiary/aromatic N) is 1. The molecule has 0 spiro atoms. The Morgan fingerprint density at radius 2 is 2.00 bits per heavy atom. The summed E-state index contributed by atoms with van der Waals surface area (Å²) in [5, 5.41) is 12.4. The molecule has 1 heterocycles. The van der Waals surface area contributed by atoms with Gasteiger partial charge in [-0.25, -0.2) is 9.18 Å². The van der Waals surface area contributed by atoms with Gasteiger partial charge >= 0.3 is 12.1 Å². The molecule has 0 fully saturated rings. The molecule has 20 heavy (non-hydrogen) atoms. The topological polar surface area (TPSA) is 63.3 Å². The van der Waals surface area contributed by atoms with Gasteiger partial charge in [-0.2, -0.15) is 13.2 Å². The fourth-order valence-corrected chi connectivity index (χ4v) is 1.71. The monoisotopic (exact) mass is 289 g/mol. The summed E-state index contributed by atoms with van der Waals surface area (Å²) < 4.78 is 55.4. The van der Waals surface area contributed by atoms with Crippen molar-refractivity contribution in [1.29, 1.82) is 0 Å². The maximum atomic E-state index is 13.4. The van der Waals surface area contributed by atoms with Gasteiger partial charge in [0.25, 0.3) is 0 Å². The van der Waals surface area contributed by atoms with Crippen LogP contribution in [0.5, 0.6) is 0 Å². The SMILES string of the molecule is Cc1onc(-c2ccc(C(F)(F)F)c(F)c2)c1C(=O)O. The van der Waals surface area contributed by atoms with E-state index < -0.39 is 23.5 Å². The van der Waals surface area contributed by atoms with Crippen LogP contribution in [0.15, 0.2) is 22.7 Å². The summed E-state index contributed by atoms with van der Waals surface area (Å²) in [6.07, 6.45) is -4.82. The molecule has 0 saturated heterocycles. The molecule has 0 bridgehead atoms. The first-order valence-electron chi connectivity index (χ1n) is 5.28. The molecule has 1 aromatic heterocycles. The molecule has 0 amide bonds. The van der Waals surface area contributed by atoms with E-state index in [1.807, 2.05) is 0 Å². The van der Waals surface area contributed by atoms with Crippen LogP contribution < -0.4 is 0 Å². The largest absolute Gasteiger partial charge is 0.477 e. The summed E-state index contributed by atoms with van der Waals surface area (Å²) in [5.41, 5.74) is -2.07. The molecule has 0 aliphatic rings. The summed E-state index contributed by atoms with van der Waals surface area (Å²) in [7, 11) is 0. The van der Waals surface area contributed by atoms with Crippen molar-refractivity contribution in [2.24, 2.45) is 0 Å². The number of hydrogen-bond acceptors (Lipinski definition) is 3. The van der Waals surface area contributed by atoms with Gasteiger partial charge < -0.3 is 9.63 Å². The fraction of sp³-hybridized carbons (Fsp3) is 0.167. The lowest BCUT2D eigenvalue weighted by Gasteiger charge is -2.08. The third-order valence-electron chi connectivity index (χ3n) is 2.62. The van der Waals surface area contributed by atoms with Gasteiger partial charge in [0.2, 0.25) is 0 Å². The zero-order valence-corrected chi connectivity index (χ0v) is 9.95. The number of rotatable bonds is 2. The lowest BCUT2D eigenvalue weighted by atomic mass is 10.0. The van der Waals surface area contributed by atoms with Crippen molar-refractivity contribution < 1.29 is 32.0 Å². The highest BCUT2D eigenvalue weighted by Crippen LogP contribution is 2.34. The first kappa shape index (κ1) is 14.0. The van der Waals surface area contributed by atoms with Gasteiger partial charge in [-0.05, 0) is 19.1 Å². The molecule has 0 aliphatic heterocycles. The molecule has 4 nitrogen and oxygen atoms in total. The summed E-state index contributed by atoms with van der Waals surface area (Å²) in [5.74, 6) is -2.89. The zero-order chi connectivity index (χ0) is 15.1. The quantitative estimate of drug-likeness (QED) is 0.859. The van der Waals surface area contributed by atoms with Crippen LogP contribution >= 0.6 is 0 Å². The molecule has 0 radical (unpaired) electrons. The highest BCUT2D eigenvalue weighted by Gasteiger charge is 2.34. The highest BCUT2D eigenvalue weighted by molar-refractivity contribution is 5.95. The number of carboxylic acid groups (broad SMARTS) is 1. The molecule has 0 unspecified atom stereocenters. The number of alkyl halides is 3. The van der Waals surface area contributed by atoms with Crippen LogP contribution in [0.3, 0.4) is 0 Å². The van der Waals surface area contributed by atoms with E-state index in [1.165, 1.54) is 6.92 Å². The van der Waals surface area contributed by atoms with Crippen LogP contribution in [0.1, 0.15) is 21.7 Å². The van der Waals surface area contributed by atoms with Gasteiger partial charge in [0.05, 0.1) is 5.56 Å². The molecule has 2 rings (SSSR count). The molecule has 0 aliphatic carbocycles. The van der Waals surface area contributed by atoms with Crippen LogP contribution in [-0.2, 0) is 6.18 Å². The molecule has 1 aromatic carbocycles. The molecule has 8 heteroatoms. The average Bonchev–Trinajstić information content (AvgIpc) is 2.69. The summed E-state index contributed by atoms with van der Waals surface area (Å²) in [6, 6.07) is 2.04. The number of halogens is 4. The third kappa shape index (κ3) is 2.36. The van der Waals surface area contributed by atoms with E-state index in [1.54, 1.807) is 0 Å². The van der Waals surface area contributed by atoms with E-state index in [4.69, 9.17) is 5.11 Å². The Morgan fingerprint density at radius 1 is 1.35 bits per heavy atom. The van der Waals surface area contributed by atoms with Gasteiger partial charge in [0.15, 0.2) is 0 Å². The van der Waals surface area contributed by atoms with Crippen molar-refractivity contribution in [3.05, 3.63) is 40.9 Å². The second-order valence-corrected chi connectivity index (χ2v) is 3.96. The Bertz CT molecular complexity index is 676. The lowest BCUT2D eigenvalue weighted by Crippen LogP contribution is -2.08. The van der Waals surface area contributed by atoms with Crippen molar-refractivity contribution in [3.63, 3.8) is 0 Å². The summed E-state index contributed by atoms with van der Waals surface area (Å²) in [6.45, 7) is 1.33. The smallest absolute Gasteiger partial charge is 0.419 e. The Hall–Kier alpha value is -2.38. The number of carboxylic acids is 1. The van der Waals surface area contributed by atoms with Crippen LogP contribution in [-0.4, -0.2) is 16.2 Å². The molecule has 0 saturated carbocycles. The van der Waals surface area contributed by atoms with E-state index in [9.17, 15) is 22.4 Å². The van der Waals surface area contributed by atoms with Crippen molar-refractivity contribution in [3.8, 4) is 11.3 Å². The van der Waals surface area contributed by atoms with Crippen LogP contribution in [0.4, 0.5) is 17.6 Å². The molecular weight excluding hydrogens is 282 g/mol. The summed E-state index contributed by atoms with van der Waals surface area (Å²) >= 11 is 0. The van der Waals surface area contributed by atoms with E-state index in [0.29, 0.717) is 12.1 Å². The molecule has 0 atom stereocenters. The Balaban J connectivity index is 2.56. The maximum Gasteiger partial charge on any atom is 0.419 e. The van der Waals surface area contributed by atoms with Crippen LogP contribution in [0.25, 0.3) is 11.3 Å². The number of hydrogen-bond donors (Lipinski definition) is 1. The molecule has 2 aromatic rings. The van der Waals surface area contributed by atoms with Gasteiger partial charge in [-0.1, -0.05) is 11.2 Å². The first-order valence-corrected chi connectivity index (χ1v) is 5.28. The predicted molar refractivity (Wildman–Crippen MR) is 58.6 cm³/mol. The number of carbonyl (C=O) groups is 1. The van der Waals surface area contributed by atoms with E-state index >= 15 is 0 Å². The Morgan fingerprint density at radius 3 is 2.50 bits per heavy atom. The van der Waals surface area contributed by atoms with E-state index in [2.05, 4.69) is 9.68 Å². The second kappa shape index (κ2) is 4.62. The number of aromatic carboxylic acids is 1. The highest BCUT2D eigenvalue weighted by atomic mass is 19.4. The summed E-state index contributed by atoms with van der Waals surface area (Å²) in [4.78, 5) is 11.0. The molecule has 1 N–H and O–H groups in total. The Kier molecular flexibility index (Phi) is 3.24. The van der Waals surface area contributed by atoms with E-state index in [0.717, 1.165) is 6.07 Å². The minimum atomic E-state index is -4.82. The Labute approximate surface area is 109 Å². The van der Waals surface area contributed by atoms with Crippen molar-refractivity contribution in [2.45, 2.75) is 13.1 Å². The standard InChI is InChI=1S/C12H7F4NO3/c1-5-9(11(18)19)10(17-20-5)6-2-3-7(8(13)4-6)12(14,15)16/h2-4H,1H3,(H,18,19). The van der Waals surface area contributed by atoms with Crippen LogP contribution in [0.2, 0.25) is 0 Å². The first-order chi connectivity index (χ1) is 9.21. The zero-order valence-electron chi connectivity index (χ0n) is 9.95. The predicted octanol–water partition coefficient (Wildman–Crippen LogP) is 3.51. The minimum absolute atomic E-state index is 0.0205. The average molecular weight is 289 g/mol. The van der Waals surface area contributed by atoms with Gasteiger partial charge in [0, 0.05) is 5.56 Å². The van der Waals surface area contributed by atoms with Crippen LogP contribution in [0, 0.1) is 12.7 Å². The molecule has 106 valence electrons. The number of benzene rings is 1. The third-order valence-corrected chi connectivity index (χ3v) is 2.62. The normalized spacial score (nSPS) is 11.7. The second-order valence-electron chi connectivity index (χ2n) is 3.96. The van der Waals surface area contributed by atoms with Gasteiger partial charge in [0.1, 0.15) is 22.8 Å². The number of aromatic nitrogens is 1. The lowest BCUT2D eigenvalue weighted by molar-refractivity contribution is -0.139. The number of aryl methyl sites for hydroxylation is 1. The van der Waals surface area contributed by atoms with Crippen molar-refractivity contribution >= 4 is 5.97 Å². The maximum absolute atomic E-state index is 13.4.